The van der Waals surface area contributed by atoms with Crippen LogP contribution in [0.15, 0.2) is 6.07 Å². The molecule has 2 N–H and O–H groups in total. The summed E-state index contributed by atoms with van der Waals surface area (Å²) in [4.78, 5) is 11.5. The van der Waals surface area contributed by atoms with Gasteiger partial charge in [0, 0.05) is 31.6 Å². The van der Waals surface area contributed by atoms with Crippen molar-refractivity contribution in [2.75, 3.05) is 36.5 Å². The third-order valence-corrected chi connectivity index (χ3v) is 3.51. The van der Waals surface area contributed by atoms with Gasteiger partial charge in [-0.3, -0.25) is 0 Å². The molecule has 1 aromatic rings. The highest BCUT2D eigenvalue weighted by molar-refractivity contribution is 5.50. The highest BCUT2D eigenvalue weighted by atomic mass is 16.3. The van der Waals surface area contributed by atoms with Crippen molar-refractivity contribution in [2.45, 2.75) is 45.4 Å². The van der Waals surface area contributed by atoms with Crippen LogP contribution in [0.3, 0.4) is 0 Å². The Kier molecular flexibility index (Phi) is 5.59. The van der Waals surface area contributed by atoms with Crippen LogP contribution in [0.4, 0.5) is 11.6 Å². The fourth-order valence-corrected chi connectivity index (χ4v) is 2.22. The van der Waals surface area contributed by atoms with Crippen LogP contribution in [-0.2, 0) is 0 Å². The summed E-state index contributed by atoms with van der Waals surface area (Å²) < 4.78 is 0. The maximum Gasteiger partial charge on any atom is 0.136 e. The zero-order valence-corrected chi connectivity index (χ0v) is 12.6. The number of rotatable bonds is 9. The summed E-state index contributed by atoms with van der Waals surface area (Å²) in [6.07, 6.45) is 4.65. The average Bonchev–Trinajstić information content (AvgIpc) is 3.28. The molecule has 2 rings (SSSR count). The van der Waals surface area contributed by atoms with Crippen LogP contribution in [0.5, 0.6) is 0 Å². The lowest BCUT2D eigenvalue weighted by molar-refractivity contribution is 0.301. The number of unbranched alkanes of at least 4 members (excludes halogenated alkanes) is 1. The second-order valence-electron chi connectivity index (χ2n) is 5.34. The number of hydrogen-bond donors (Lipinski definition) is 2. The Balaban J connectivity index is 2.21. The van der Waals surface area contributed by atoms with Crippen LogP contribution >= 0.6 is 0 Å². The average molecular weight is 278 g/mol. The van der Waals surface area contributed by atoms with Crippen molar-refractivity contribution in [3.63, 3.8) is 0 Å². The third kappa shape index (κ3) is 4.07. The normalized spacial score (nSPS) is 14.3. The topological polar surface area (TPSA) is 61.3 Å². The maximum absolute atomic E-state index is 9.26. The number of hydrogen-bond acceptors (Lipinski definition) is 5. The number of aromatic nitrogens is 2. The summed E-state index contributed by atoms with van der Waals surface area (Å²) in [5.41, 5.74) is 0. The van der Waals surface area contributed by atoms with E-state index in [2.05, 4.69) is 29.0 Å². The van der Waals surface area contributed by atoms with Crippen molar-refractivity contribution in [3.8, 4) is 0 Å². The molecular formula is C15H26N4O. The minimum absolute atomic E-state index is 0.156. The molecule has 0 unspecified atom stereocenters. The summed E-state index contributed by atoms with van der Waals surface area (Å²) in [5.74, 6) is 3.34. The fraction of sp³-hybridized carbons (Fsp3) is 0.733. The second-order valence-corrected chi connectivity index (χ2v) is 5.34. The lowest BCUT2D eigenvalue weighted by Gasteiger charge is -2.23. The van der Waals surface area contributed by atoms with E-state index in [9.17, 15) is 5.11 Å². The van der Waals surface area contributed by atoms with Gasteiger partial charge in [-0.1, -0.05) is 13.3 Å². The summed E-state index contributed by atoms with van der Waals surface area (Å²) >= 11 is 0. The van der Waals surface area contributed by atoms with Crippen LogP contribution in [0, 0.1) is 0 Å². The molecule has 0 bridgehead atoms. The van der Waals surface area contributed by atoms with E-state index in [4.69, 9.17) is 4.98 Å². The van der Waals surface area contributed by atoms with Gasteiger partial charge in [0.1, 0.15) is 17.5 Å². The molecule has 0 aliphatic heterocycles. The van der Waals surface area contributed by atoms with Crippen LogP contribution < -0.4 is 10.2 Å². The van der Waals surface area contributed by atoms with Crippen LogP contribution in [-0.4, -0.2) is 41.3 Å². The van der Waals surface area contributed by atoms with E-state index in [1.165, 1.54) is 12.8 Å². The lowest BCUT2D eigenvalue weighted by Crippen LogP contribution is -2.29. The SMILES string of the molecule is CCCCN(CCO)c1cc(NCC)nc(C2CC2)n1. The largest absolute Gasteiger partial charge is 0.395 e. The summed E-state index contributed by atoms with van der Waals surface area (Å²) in [7, 11) is 0. The van der Waals surface area contributed by atoms with Gasteiger partial charge >= 0.3 is 0 Å². The molecule has 0 atom stereocenters. The highest BCUT2D eigenvalue weighted by Gasteiger charge is 2.27. The third-order valence-electron chi connectivity index (χ3n) is 3.51. The van der Waals surface area contributed by atoms with Crippen molar-refractivity contribution >= 4 is 11.6 Å². The van der Waals surface area contributed by atoms with E-state index >= 15 is 0 Å². The number of nitrogens with one attached hydrogen (secondary N) is 1. The minimum atomic E-state index is 0.156. The Morgan fingerprint density at radius 1 is 1.30 bits per heavy atom. The molecule has 5 heteroatoms. The Labute approximate surface area is 121 Å². The summed E-state index contributed by atoms with van der Waals surface area (Å²) in [6, 6.07) is 2.00. The van der Waals surface area contributed by atoms with E-state index in [0.717, 1.165) is 43.4 Å². The Bertz CT molecular complexity index is 420. The molecule has 112 valence electrons. The molecule has 5 nitrogen and oxygen atoms in total. The molecule has 1 fully saturated rings. The van der Waals surface area contributed by atoms with Crippen LogP contribution in [0.2, 0.25) is 0 Å². The number of anilines is 2. The van der Waals surface area contributed by atoms with E-state index in [1.54, 1.807) is 0 Å². The monoisotopic (exact) mass is 278 g/mol. The fourth-order valence-electron chi connectivity index (χ4n) is 2.22. The first-order valence-electron chi connectivity index (χ1n) is 7.77. The second kappa shape index (κ2) is 7.43. The molecule has 1 aromatic heterocycles. The molecule has 1 aliphatic carbocycles. The van der Waals surface area contributed by atoms with Crippen molar-refractivity contribution in [1.82, 2.24) is 9.97 Å². The van der Waals surface area contributed by atoms with E-state index in [1.807, 2.05) is 6.07 Å². The Hall–Kier alpha value is -1.36. The van der Waals surface area contributed by atoms with Gasteiger partial charge in [-0.05, 0) is 26.2 Å². The molecule has 1 aliphatic rings. The molecule has 0 spiro atoms. The molecular weight excluding hydrogens is 252 g/mol. The Morgan fingerprint density at radius 3 is 2.70 bits per heavy atom. The molecule has 0 aromatic carbocycles. The number of aliphatic hydroxyl groups is 1. The molecule has 0 saturated heterocycles. The summed E-state index contributed by atoms with van der Waals surface area (Å²) in [5, 5.41) is 12.5. The molecule has 0 amide bonds. The molecule has 20 heavy (non-hydrogen) atoms. The van der Waals surface area contributed by atoms with Crippen LogP contribution in [0.1, 0.15) is 51.3 Å². The highest BCUT2D eigenvalue weighted by Crippen LogP contribution is 2.39. The first-order chi connectivity index (χ1) is 9.78. The predicted octanol–water partition coefficient (Wildman–Crippen LogP) is 2.38. The standard InChI is InChI=1S/C15H26N4O/c1-3-5-8-19(9-10-20)14-11-13(16-4-2)17-15(18-14)12-6-7-12/h11-12,20H,3-10H2,1-2H3,(H,16,17,18). The molecule has 1 saturated carbocycles. The van der Waals surface area contributed by atoms with E-state index in [-0.39, 0.29) is 6.61 Å². The van der Waals surface area contributed by atoms with Gasteiger partial charge in [-0.2, -0.15) is 0 Å². The smallest absolute Gasteiger partial charge is 0.136 e. The quantitative estimate of drug-likeness (QED) is 0.726. The van der Waals surface area contributed by atoms with Gasteiger partial charge in [0.15, 0.2) is 0 Å². The van der Waals surface area contributed by atoms with Gasteiger partial charge in [0.25, 0.3) is 0 Å². The number of nitrogens with zero attached hydrogens (tertiary/aromatic N) is 3. The van der Waals surface area contributed by atoms with Crippen molar-refractivity contribution in [3.05, 3.63) is 11.9 Å². The maximum atomic E-state index is 9.26. The van der Waals surface area contributed by atoms with Gasteiger partial charge in [-0.25, -0.2) is 9.97 Å². The lowest BCUT2D eigenvalue weighted by atomic mass is 10.3. The van der Waals surface area contributed by atoms with Crippen molar-refractivity contribution in [1.29, 1.82) is 0 Å². The molecule has 0 radical (unpaired) electrons. The van der Waals surface area contributed by atoms with E-state index in [0.29, 0.717) is 12.5 Å². The van der Waals surface area contributed by atoms with Gasteiger partial charge in [0.05, 0.1) is 6.61 Å². The van der Waals surface area contributed by atoms with Crippen LogP contribution in [0.25, 0.3) is 0 Å². The first kappa shape index (κ1) is 15.0. The van der Waals surface area contributed by atoms with Gasteiger partial charge in [-0.15, -0.1) is 0 Å². The zero-order chi connectivity index (χ0) is 14.4. The summed E-state index contributed by atoms with van der Waals surface area (Å²) in [6.45, 7) is 6.83. The molecule has 1 heterocycles. The minimum Gasteiger partial charge on any atom is -0.395 e. The van der Waals surface area contributed by atoms with E-state index < -0.39 is 0 Å². The Morgan fingerprint density at radius 2 is 2.10 bits per heavy atom. The zero-order valence-electron chi connectivity index (χ0n) is 12.6. The van der Waals surface area contributed by atoms with Crippen molar-refractivity contribution < 1.29 is 5.11 Å². The predicted molar refractivity (Wildman–Crippen MR) is 82.4 cm³/mol. The van der Waals surface area contributed by atoms with Gasteiger partial charge in [0.2, 0.25) is 0 Å². The van der Waals surface area contributed by atoms with Gasteiger partial charge < -0.3 is 15.3 Å². The number of aliphatic hydroxyl groups excluding tert-OH is 1. The van der Waals surface area contributed by atoms with Crippen molar-refractivity contribution in [2.24, 2.45) is 0 Å². The first-order valence-corrected chi connectivity index (χ1v) is 7.77.